The second-order valence-corrected chi connectivity index (χ2v) is 3.39. The quantitative estimate of drug-likeness (QED) is 0.616. The Labute approximate surface area is 78.6 Å². The molecular formula is C9H16NO3. The maximum Gasteiger partial charge on any atom is 0.510 e. The maximum absolute atomic E-state index is 11.0. The molecule has 0 aromatic heterocycles. The van der Waals surface area contributed by atoms with Gasteiger partial charge in [0.2, 0.25) is 0 Å². The van der Waals surface area contributed by atoms with Crippen LogP contribution in [0.3, 0.4) is 0 Å². The SMILES string of the molecule is CC(C)OC(=O)OC1CCCC[N]1. The summed E-state index contributed by atoms with van der Waals surface area (Å²) in [5.74, 6) is 0. The summed E-state index contributed by atoms with van der Waals surface area (Å²) in [6.07, 6.45) is 1.98. The van der Waals surface area contributed by atoms with Gasteiger partial charge in [0, 0.05) is 6.54 Å². The lowest BCUT2D eigenvalue weighted by Crippen LogP contribution is -2.33. The molecule has 0 spiro atoms. The van der Waals surface area contributed by atoms with Crippen molar-refractivity contribution in [3.63, 3.8) is 0 Å². The van der Waals surface area contributed by atoms with Crippen molar-refractivity contribution in [1.29, 1.82) is 0 Å². The molecule has 1 aliphatic heterocycles. The minimum Gasteiger partial charge on any atom is -0.432 e. The van der Waals surface area contributed by atoms with Crippen molar-refractivity contribution in [3.05, 3.63) is 0 Å². The number of ether oxygens (including phenoxy) is 2. The van der Waals surface area contributed by atoms with E-state index < -0.39 is 6.16 Å². The minimum atomic E-state index is -0.606. The Bertz CT molecular complexity index is 164. The second kappa shape index (κ2) is 5.07. The molecule has 1 saturated heterocycles. The molecule has 0 bridgehead atoms. The maximum atomic E-state index is 11.0. The summed E-state index contributed by atoms with van der Waals surface area (Å²) >= 11 is 0. The van der Waals surface area contributed by atoms with Gasteiger partial charge in [-0.1, -0.05) is 0 Å². The lowest BCUT2D eigenvalue weighted by Gasteiger charge is -2.21. The van der Waals surface area contributed by atoms with Crippen LogP contribution in [0.15, 0.2) is 0 Å². The smallest absolute Gasteiger partial charge is 0.432 e. The monoisotopic (exact) mass is 186 g/mol. The Morgan fingerprint density at radius 3 is 2.77 bits per heavy atom. The van der Waals surface area contributed by atoms with Gasteiger partial charge in [0.15, 0.2) is 6.23 Å². The van der Waals surface area contributed by atoms with Gasteiger partial charge in [0.25, 0.3) is 0 Å². The van der Waals surface area contributed by atoms with E-state index in [1.807, 2.05) is 0 Å². The summed E-state index contributed by atoms with van der Waals surface area (Å²) in [5, 5.41) is 4.15. The summed E-state index contributed by atoms with van der Waals surface area (Å²) in [6, 6.07) is 0. The number of hydrogen-bond acceptors (Lipinski definition) is 3. The normalized spacial score (nSPS) is 22.8. The Morgan fingerprint density at radius 1 is 1.46 bits per heavy atom. The van der Waals surface area contributed by atoms with Crippen molar-refractivity contribution < 1.29 is 14.3 Å². The molecule has 0 amide bonds. The van der Waals surface area contributed by atoms with Crippen molar-refractivity contribution in [2.24, 2.45) is 0 Å². The van der Waals surface area contributed by atoms with E-state index in [9.17, 15) is 4.79 Å². The fourth-order valence-electron chi connectivity index (χ4n) is 1.18. The predicted octanol–water partition coefficient (Wildman–Crippen LogP) is 1.66. The Morgan fingerprint density at radius 2 is 2.23 bits per heavy atom. The number of carbonyl (C=O) groups excluding carboxylic acids is 1. The van der Waals surface area contributed by atoms with Crippen LogP contribution in [0.1, 0.15) is 33.1 Å². The molecule has 0 aromatic carbocycles. The minimum absolute atomic E-state index is 0.129. The molecule has 4 nitrogen and oxygen atoms in total. The molecule has 4 heteroatoms. The highest BCUT2D eigenvalue weighted by Crippen LogP contribution is 2.10. The first kappa shape index (κ1) is 10.3. The molecule has 1 unspecified atom stereocenters. The number of rotatable bonds is 2. The fraction of sp³-hybridized carbons (Fsp3) is 0.889. The van der Waals surface area contributed by atoms with E-state index in [0.29, 0.717) is 0 Å². The highest BCUT2D eigenvalue weighted by Gasteiger charge is 2.19. The third-order valence-corrected chi connectivity index (χ3v) is 1.76. The van der Waals surface area contributed by atoms with E-state index in [1.165, 1.54) is 0 Å². The second-order valence-electron chi connectivity index (χ2n) is 3.39. The molecule has 0 aromatic rings. The van der Waals surface area contributed by atoms with Crippen LogP contribution in [-0.4, -0.2) is 25.0 Å². The zero-order valence-corrected chi connectivity index (χ0v) is 8.16. The zero-order chi connectivity index (χ0) is 9.68. The van der Waals surface area contributed by atoms with E-state index in [-0.39, 0.29) is 12.3 Å². The molecule has 0 N–H and O–H groups in total. The molecule has 1 radical (unpaired) electrons. The number of piperidine rings is 1. The summed E-state index contributed by atoms with van der Waals surface area (Å²) in [7, 11) is 0. The van der Waals surface area contributed by atoms with E-state index in [2.05, 4.69) is 5.32 Å². The molecule has 1 atom stereocenters. The molecule has 1 aliphatic rings. The van der Waals surface area contributed by atoms with Crippen molar-refractivity contribution in [3.8, 4) is 0 Å². The van der Waals surface area contributed by atoms with E-state index in [1.54, 1.807) is 13.8 Å². The van der Waals surface area contributed by atoms with Crippen LogP contribution in [0, 0.1) is 0 Å². The Hall–Kier alpha value is -0.770. The third kappa shape index (κ3) is 4.12. The topological polar surface area (TPSA) is 49.6 Å². The van der Waals surface area contributed by atoms with Crippen molar-refractivity contribution in [2.45, 2.75) is 45.4 Å². The van der Waals surface area contributed by atoms with Crippen molar-refractivity contribution >= 4 is 6.16 Å². The summed E-state index contributed by atoms with van der Waals surface area (Å²) in [5.41, 5.74) is 0. The first-order valence-electron chi connectivity index (χ1n) is 4.72. The van der Waals surface area contributed by atoms with Crippen LogP contribution in [0.4, 0.5) is 4.79 Å². The van der Waals surface area contributed by atoms with Gasteiger partial charge >= 0.3 is 6.16 Å². The fourth-order valence-corrected chi connectivity index (χ4v) is 1.18. The molecule has 0 saturated carbocycles. The highest BCUT2D eigenvalue weighted by molar-refractivity contribution is 5.60. The van der Waals surface area contributed by atoms with E-state index >= 15 is 0 Å². The number of nitrogens with zero attached hydrogens (tertiary/aromatic N) is 1. The van der Waals surface area contributed by atoms with Crippen molar-refractivity contribution in [2.75, 3.05) is 6.54 Å². The van der Waals surface area contributed by atoms with Gasteiger partial charge in [-0.15, -0.1) is 0 Å². The van der Waals surface area contributed by atoms with Gasteiger partial charge in [-0.2, -0.15) is 0 Å². The van der Waals surface area contributed by atoms with Crippen LogP contribution in [0.25, 0.3) is 0 Å². The van der Waals surface area contributed by atoms with Gasteiger partial charge in [-0.25, -0.2) is 10.1 Å². The third-order valence-electron chi connectivity index (χ3n) is 1.76. The average molecular weight is 186 g/mol. The number of carbonyl (C=O) groups is 1. The van der Waals surface area contributed by atoms with Crippen LogP contribution < -0.4 is 5.32 Å². The van der Waals surface area contributed by atoms with Crippen LogP contribution in [-0.2, 0) is 9.47 Å². The van der Waals surface area contributed by atoms with Crippen LogP contribution >= 0.6 is 0 Å². The lowest BCUT2D eigenvalue weighted by atomic mass is 10.1. The summed E-state index contributed by atoms with van der Waals surface area (Å²) in [4.78, 5) is 11.0. The zero-order valence-electron chi connectivity index (χ0n) is 8.16. The molecular weight excluding hydrogens is 170 g/mol. The van der Waals surface area contributed by atoms with Crippen molar-refractivity contribution in [1.82, 2.24) is 5.32 Å². The lowest BCUT2D eigenvalue weighted by molar-refractivity contribution is -0.0124. The predicted molar refractivity (Wildman–Crippen MR) is 47.3 cm³/mol. The largest absolute Gasteiger partial charge is 0.510 e. The van der Waals surface area contributed by atoms with Gasteiger partial charge < -0.3 is 9.47 Å². The van der Waals surface area contributed by atoms with Crippen LogP contribution in [0.5, 0.6) is 0 Å². The van der Waals surface area contributed by atoms with Gasteiger partial charge in [0.1, 0.15) is 0 Å². The van der Waals surface area contributed by atoms with E-state index in [4.69, 9.17) is 9.47 Å². The number of hydrogen-bond donors (Lipinski definition) is 0. The summed E-state index contributed by atoms with van der Waals surface area (Å²) < 4.78 is 9.81. The summed E-state index contributed by atoms with van der Waals surface area (Å²) in [6.45, 7) is 4.37. The van der Waals surface area contributed by atoms with E-state index in [0.717, 1.165) is 25.8 Å². The standard InChI is InChI=1S/C9H16NO3/c1-7(2)12-9(11)13-8-5-3-4-6-10-8/h7-8H,3-6H2,1-2H3. The molecule has 13 heavy (non-hydrogen) atoms. The van der Waals surface area contributed by atoms with Gasteiger partial charge in [0.05, 0.1) is 6.10 Å². The molecule has 1 rings (SSSR count). The molecule has 75 valence electrons. The van der Waals surface area contributed by atoms with Crippen LogP contribution in [0.2, 0.25) is 0 Å². The first-order valence-corrected chi connectivity index (χ1v) is 4.72. The van der Waals surface area contributed by atoms with Gasteiger partial charge in [-0.05, 0) is 33.1 Å². The van der Waals surface area contributed by atoms with Gasteiger partial charge in [-0.3, -0.25) is 0 Å². The Kier molecular flexibility index (Phi) is 4.02. The molecule has 0 aliphatic carbocycles. The first-order chi connectivity index (χ1) is 6.18. The molecule has 1 fully saturated rings. The Balaban J connectivity index is 2.18. The molecule has 1 heterocycles. The average Bonchev–Trinajstić information content (AvgIpc) is 2.04. The highest BCUT2D eigenvalue weighted by atomic mass is 16.7.